The molecule has 2 amide bonds. The first kappa shape index (κ1) is 19.6. The highest BCUT2D eigenvalue weighted by Crippen LogP contribution is 2.18. The molecule has 2 heterocycles. The van der Waals surface area contributed by atoms with E-state index >= 15 is 0 Å². The molecule has 0 aromatic carbocycles. The van der Waals surface area contributed by atoms with E-state index in [0.717, 1.165) is 9.88 Å². The maximum atomic E-state index is 12.7. The molecular formula is C18H25N3O2S2. The number of carbonyl (C=O) groups is 2. The molecule has 0 fully saturated rings. The van der Waals surface area contributed by atoms with Gasteiger partial charge in [-0.3, -0.25) is 9.59 Å². The highest BCUT2D eigenvalue weighted by Gasteiger charge is 2.20. The van der Waals surface area contributed by atoms with Gasteiger partial charge >= 0.3 is 0 Å². The lowest BCUT2D eigenvalue weighted by atomic mass is 10.2. The summed E-state index contributed by atoms with van der Waals surface area (Å²) in [5.74, 6) is 0.616. The Morgan fingerprint density at radius 1 is 1.20 bits per heavy atom. The van der Waals surface area contributed by atoms with Gasteiger partial charge in [-0.25, -0.2) is 4.98 Å². The van der Waals surface area contributed by atoms with Crippen molar-refractivity contribution in [2.75, 3.05) is 13.1 Å². The first-order valence-electron chi connectivity index (χ1n) is 8.42. The summed E-state index contributed by atoms with van der Waals surface area (Å²) in [6.07, 6.45) is 0. The fraction of sp³-hybridized carbons (Fsp3) is 0.500. The van der Waals surface area contributed by atoms with Gasteiger partial charge < -0.3 is 10.2 Å². The highest BCUT2D eigenvalue weighted by molar-refractivity contribution is 7.12. The zero-order valence-electron chi connectivity index (χ0n) is 15.1. The van der Waals surface area contributed by atoms with Crippen LogP contribution < -0.4 is 5.32 Å². The zero-order chi connectivity index (χ0) is 18.4. The van der Waals surface area contributed by atoms with Gasteiger partial charge in [0.2, 0.25) is 0 Å². The Labute approximate surface area is 157 Å². The quantitative estimate of drug-likeness (QED) is 0.757. The van der Waals surface area contributed by atoms with Gasteiger partial charge in [0.25, 0.3) is 11.8 Å². The van der Waals surface area contributed by atoms with Gasteiger partial charge in [-0.05, 0) is 23.3 Å². The molecule has 0 aliphatic rings. The topological polar surface area (TPSA) is 62.3 Å². The second-order valence-corrected chi connectivity index (χ2v) is 8.68. The van der Waals surface area contributed by atoms with Crippen molar-refractivity contribution >= 4 is 34.5 Å². The SMILES string of the molecule is CC(C)CNC(=O)c1csc(CN(CC(C)C)C(=O)c2cccs2)n1. The van der Waals surface area contributed by atoms with E-state index < -0.39 is 0 Å². The average Bonchev–Trinajstić information content (AvgIpc) is 3.22. The minimum absolute atomic E-state index is 0.0182. The van der Waals surface area contributed by atoms with Crippen LogP contribution >= 0.6 is 22.7 Å². The van der Waals surface area contributed by atoms with Crippen molar-refractivity contribution in [3.05, 3.63) is 38.5 Å². The number of nitrogens with zero attached hydrogens (tertiary/aromatic N) is 2. The summed E-state index contributed by atoms with van der Waals surface area (Å²) in [5.41, 5.74) is 0.425. The van der Waals surface area contributed by atoms with Crippen molar-refractivity contribution in [2.24, 2.45) is 11.8 Å². The Kier molecular flexibility index (Phi) is 7.13. The first-order chi connectivity index (χ1) is 11.9. The van der Waals surface area contributed by atoms with Crippen LogP contribution in [0.4, 0.5) is 0 Å². The van der Waals surface area contributed by atoms with Crippen LogP contribution in [-0.4, -0.2) is 34.8 Å². The molecule has 0 aliphatic heterocycles. The number of amides is 2. The monoisotopic (exact) mass is 379 g/mol. The van der Waals surface area contributed by atoms with Gasteiger partial charge in [0.15, 0.2) is 0 Å². The molecule has 0 saturated heterocycles. The van der Waals surface area contributed by atoms with E-state index in [1.807, 2.05) is 36.3 Å². The van der Waals surface area contributed by atoms with Crippen molar-refractivity contribution in [3.8, 4) is 0 Å². The number of nitrogens with one attached hydrogen (secondary N) is 1. The summed E-state index contributed by atoms with van der Waals surface area (Å²) in [4.78, 5) is 31.8. The molecule has 2 aromatic rings. The van der Waals surface area contributed by atoms with Gasteiger partial charge in [-0.1, -0.05) is 33.8 Å². The van der Waals surface area contributed by atoms with Gasteiger partial charge in [-0.15, -0.1) is 22.7 Å². The summed E-state index contributed by atoms with van der Waals surface area (Å²) in [7, 11) is 0. The van der Waals surface area contributed by atoms with Crippen molar-refractivity contribution in [1.82, 2.24) is 15.2 Å². The lowest BCUT2D eigenvalue weighted by Crippen LogP contribution is -2.33. The zero-order valence-corrected chi connectivity index (χ0v) is 16.7. The van der Waals surface area contributed by atoms with Crippen LogP contribution in [0.2, 0.25) is 0 Å². The molecule has 1 N–H and O–H groups in total. The van der Waals surface area contributed by atoms with Crippen molar-refractivity contribution in [3.63, 3.8) is 0 Å². The van der Waals surface area contributed by atoms with Crippen LogP contribution in [-0.2, 0) is 6.54 Å². The maximum absolute atomic E-state index is 12.7. The Balaban J connectivity index is 2.06. The van der Waals surface area contributed by atoms with Gasteiger partial charge in [0.1, 0.15) is 10.7 Å². The van der Waals surface area contributed by atoms with Crippen LogP contribution in [0.5, 0.6) is 0 Å². The van der Waals surface area contributed by atoms with Crippen molar-refractivity contribution < 1.29 is 9.59 Å². The molecule has 0 radical (unpaired) electrons. The minimum Gasteiger partial charge on any atom is -0.350 e. The molecule has 5 nitrogen and oxygen atoms in total. The summed E-state index contributed by atoms with van der Waals surface area (Å²) in [6, 6.07) is 3.72. The minimum atomic E-state index is -0.156. The van der Waals surface area contributed by atoms with E-state index in [2.05, 4.69) is 24.1 Å². The highest BCUT2D eigenvalue weighted by atomic mass is 32.1. The second kappa shape index (κ2) is 9.10. The third-order valence-corrected chi connectivity index (χ3v) is 5.08. The van der Waals surface area contributed by atoms with Crippen LogP contribution in [0.15, 0.2) is 22.9 Å². The van der Waals surface area contributed by atoms with Crippen LogP contribution in [0.3, 0.4) is 0 Å². The van der Waals surface area contributed by atoms with Gasteiger partial charge in [0.05, 0.1) is 11.4 Å². The van der Waals surface area contributed by atoms with Crippen LogP contribution in [0.1, 0.15) is 52.9 Å². The predicted octanol–water partition coefficient (Wildman–Crippen LogP) is 3.89. The molecule has 7 heteroatoms. The van der Waals surface area contributed by atoms with Gasteiger partial charge in [0, 0.05) is 18.5 Å². The van der Waals surface area contributed by atoms with E-state index in [0.29, 0.717) is 37.2 Å². The molecule has 0 spiro atoms. The first-order valence-corrected chi connectivity index (χ1v) is 10.2. The maximum Gasteiger partial charge on any atom is 0.270 e. The lowest BCUT2D eigenvalue weighted by molar-refractivity contribution is 0.0727. The number of carbonyl (C=O) groups excluding carboxylic acids is 2. The van der Waals surface area contributed by atoms with E-state index in [1.165, 1.54) is 22.7 Å². The number of thiazole rings is 1. The summed E-state index contributed by atoms with van der Waals surface area (Å²) >= 11 is 2.86. The van der Waals surface area contributed by atoms with Crippen molar-refractivity contribution in [1.29, 1.82) is 0 Å². The molecule has 0 unspecified atom stereocenters. The predicted molar refractivity (Wildman–Crippen MR) is 103 cm³/mol. The largest absolute Gasteiger partial charge is 0.350 e. The van der Waals surface area contributed by atoms with E-state index in [1.54, 1.807) is 5.38 Å². The standard InChI is InChI=1S/C18H25N3O2S2/c1-12(2)8-19-17(22)14-11-25-16(20-14)10-21(9-13(3)4)18(23)15-6-5-7-24-15/h5-7,11-13H,8-10H2,1-4H3,(H,19,22). The number of hydrogen-bond donors (Lipinski definition) is 1. The number of hydrogen-bond acceptors (Lipinski definition) is 5. The van der Waals surface area contributed by atoms with E-state index in [-0.39, 0.29) is 11.8 Å². The van der Waals surface area contributed by atoms with Crippen LogP contribution in [0.25, 0.3) is 0 Å². The normalized spacial score (nSPS) is 11.1. The molecule has 25 heavy (non-hydrogen) atoms. The summed E-state index contributed by atoms with van der Waals surface area (Å²) < 4.78 is 0. The lowest BCUT2D eigenvalue weighted by Gasteiger charge is -2.23. The second-order valence-electron chi connectivity index (χ2n) is 6.79. The fourth-order valence-electron chi connectivity index (χ4n) is 2.25. The van der Waals surface area contributed by atoms with Crippen molar-refractivity contribution in [2.45, 2.75) is 34.2 Å². The number of aromatic nitrogens is 1. The number of rotatable bonds is 8. The molecule has 0 bridgehead atoms. The summed E-state index contributed by atoms with van der Waals surface area (Å²) in [6.45, 7) is 9.98. The number of thiophene rings is 1. The Morgan fingerprint density at radius 3 is 2.56 bits per heavy atom. The van der Waals surface area contributed by atoms with Crippen LogP contribution in [0, 0.1) is 11.8 Å². The molecule has 2 rings (SSSR count). The smallest absolute Gasteiger partial charge is 0.270 e. The molecular weight excluding hydrogens is 354 g/mol. The fourth-order valence-corrected chi connectivity index (χ4v) is 3.73. The average molecular weight is 380 g/mol. The Bertz CT molecular complexity index is 693. The molecule has 0 aliphatic carbocycles. The van der Waals surface area contributed by atoms with E-state index in [4.69, 9.17) is 0 Å². The van der Waals surface area contributed by atoms with Gasteiger partial charge in [-0.2, -0.15) is 0 Å². The molecule has 136 valence electrons. The molecule has 0 saturated carbocycles. The molecule has 2 aromatic heterocycles. The Morgan fingerprint density at radius 2 is 1.96 bits per heavy atom. The summed E-state index contributed by atoms with van der Waals surface area (Å²) in [5, 5.41) is 7.31. The third kappa shape index (κ3) is 5.93. The van der Waals surface area contributed by atoms with E-state index in [9.17, 15) is 9.59 Å². The molecule has 0 atom stereocenters. The Hall–Kier alpha value is -1.73. The third-order valence-electron chi connectivity index (χ3n) is 3.39.